The predicted octanol–water partition coefficient (Wildman–Crippen LogP) is 9.51. The number of rotatable bonds is 9. The Balaban J connectivity index is 0.00000280. The van der Waals surface area contributed by atoms with Gasteiger partial charge in [-0.2, -0.15) is 0 Å². The molecule has 1 aliphatic carbocycles. The molecule has 0 saturated carbocycles. The van der Waals surface area contributed by atoms with Crippen LogP contribution in [0.15, 0.2) is 93.5 Å². The summed E-state index contributed by atoms with van der Waals surface area (Å²) in [6.45, 7) is 18.7. The number of allylic oxidation sites excluding steroid dienone is 4. The van der Waals surface area contributed by atoms with Crippen LogP contribution >= 0.6 is 37.2 Å². The Bertz CT molecular complexity index is 1230. The first-order valence-electron chi connectivity index (χ1n) is 14.6. The molecule has 221 valence electrons. The first-order chi connectivity index (χ1) is 18.1. The Hall–Kier alpha value is -1.06. The molecular weight excluding hydrogens is 615 g/mol. The van der Waals surface area contributed by atoms with Crippen LogP contribution in [0.25, 0.3) is 0 Å². The smallest absolute Gasteiger partial charge is 0.147 e. The van der Waals surface area contributed by atoms with Crippen LogP contribution in [-0.2, 0) is 20.4 Å². The van der Waals surface area contributed by atoms with Crippen molar-refractivity contribution in [1.82, 2.24) is 0 Å². The summed E-state index contributed by atoms with van der Waals surface area (Å²) in [5, 5.41) is 6.23. The van der Waals surface area contributed by atoms with E-state index >= 15 is 0 Å². The van der Waals surface area contributed by atoms with Gasteiger partial charge in [0, 0.05) is 0 Å². The average Bonchev–Trinajstić information content (AvgIpc) is 3.30. The van der Waals surface area contributed by atoms with Crippen molar-refractivity contribution in [2.24, 2.45) is 5.92 Å². The van der Waals surface area contributed by atoms with E-state index in [9.17, 15) is 0 Å². The summed E-state index contributed by atoms with van der Waals surface area (Å²) in [6.07, 6.45) is 4.80. The van der Waals surface area contributed by atoms with Gasteiger partial charge in [-0.1, -0.05) is 0 Å². The van der Waals surface area contributed by atoms with Crippen LogP contribution in [-0.4, -0.2) is 8.07 Å². The Kier molecular flexibility index (Phi) is 14.9. The largest absolute Gasteiger partial charge is 0.147 e. The van der Waals surface area contributed by atoms with Gasteiger partial charge in [-0.3, -0.25) is 0 Å². The standard InChI is InChI=1S/C36H45Si.3ClH.Ti/c1-9-28(8)35-20-13-21-36(35)37(32-17-10-14-29(22-32)25(2)3,33-18-11-15-30(23-33)26(4)5)34-19-12-16-31(24-34)27(6)7;;;;/h10-12,14-20,22-28H,9,13H2,1-8H3;3*1H;. The number of hydrogen-bond acceptors (Lipinski definition) is 0. The van der Waals surface area contributed by atoms with Crippen molar-refractivity contribution in [2.75, 3.05) is 0 Å². The summed E-state index contributed by atoms with van der Waals surface area (Å²) in [5.74, 6) is 2.03. The molecule has 0 aromatic heterocycles. The SMILES string of the molecule is CCC(C)C1=CC[C]([Ti])=C1[Si](c1cccc(C(C)C)c1)(c1cccc(C(C)C)c1)c1cccc(C(C)C)c1.Cl.Cl.Cl. The van der Waals surface area contributed by atoms with E-state index in [1.54, 1.807) is 14.6 Å². The van der Waals surface area contributed by atoms with E-state index in [1.807, 2.05) is 0 Å². The summed E-state index contributed by atoms with van der Waals surface area (Å²) in [4.78, 5) is 0. The molecule has 3 aromatic rings. The van der Waals surface area contributed by atoms with Crippen molar-refractivity contribution in [3.63, 3.8) is 0 Å². The van der Waals surface area contributed by atoms with Crippen LogP contribution in [0.3, 0.4) is 0 Å². The molecule has 5 heteroatoms. The van der Waals surface area contributed by atoms with Crippen LogP contribution in [0.2, 0.25) is 0 Å². The van der Waals surface area contributed by atoms with Gasteiger partial charge in [0.1, 0.15) is 0 Å². The number of benzene rings is 3. The summed E-state index contributed by atoms with van der Waals surface area (Å²) in [6, 6.07) is 29.0. The van der Waals surface area contributed by atoms with E-state index in [2.05, 4.69) is 155 Å². The molecule has 0 saturated heterocycles. The molecule has 41 heavy (non-hydrogen) atoms. The second-order valence-electron chi connectivity index (χ2n) is 12.1. The molecule has 0 bridgehead atoms. The molecular formula is C36H48Cl3SiTi. The van der Waals surface area contributed by atoms with E-state index < -0.39 is 8.07 Å². The maximum Gasteiger partial charge on any atom is -0.147 e. The molecule has 1 atom stereocenters. The molecule has 1 unspecified atom stereocenters. The van der Waals surface area contributed by atoms with Crippen LogP contribution < -0.4 is 15.6 Å². The fourth-order valence-corrected chi connectivity index (χ4v) is 12.7. The van der Waals surface area contributed by atoms with Crippen LogP contribution in [0.5, 0.6) is 0 Å². The fourth-order valence-electron chi connectivity index (χ4n) is 6.03. The Morgan fingerprint density at radius 1 is 0.634 bits per heavy atom. The summed E-state index contributed by atoms with van der Waals surface area (Å²) < 4.78 is 1.56. The summed E-state index contributed by atoms with van der Waals surface area (Å²) in [7, 11) is -2.62. The molecule has 0 fully saturated rings. The average molecular weight is 663 g/mol. The molecule has 4 rings (SSSR count). The topological polar surface area (TPSA) is 0 Å². The molecule has 0 radical (unpaired) electrons. The van der Waals surface area contributed by atoms with E-state index in [4.69, 9.17) is 0 Å². The van der Waals surface area contributed by atoms with Gasteiger partial charge in [0.2, 0.25) is 0 Å². The molecule has 0 spiro atoms. The Morgan fingerprint density at radius 3 is 1.32 bits per heavy atom. The summed E-state index contributed by atoms with van der Waals surface area (Å²) in [5.41, 5.74) is 5.90. The Labute approximate surface area is 281 Å². The quantitative estimate of drug-likeness (QED) is 0.158. The monoisotopic (exact) mass is 661 g/mol. The zero-order valence-corrected chi connectivity index (χ0v) is 31.0. The predicted molar refractivity (Wildman–Crippen MR) is 187 cm³/mol. The first kappa shape index (κ1) is 38.0. The molecule has 0 heterocycles. The van der Waals surface area contributed by atoms with Gasteiger partial charge in [0.25, 0.3) is 0 Å². The zero-order chi connectivity index (χ0) is 27.6. The third kappa shape index (κ3) is 7.54. The second-order valence-corrected chi connectivity index (χ2v) is 16.8. The zero-order valence-electron chi connectivity index (χ0n) is 26.0. The normalized spacial score (nSPS) is 14.0. The molecule has 0 amide bonds. The maximum atomic E-state index is 2.56. The van der Waals surface area contributed by atoms with Gasteiger partial charge >= 0.3 is 246 Å². The van der Waals surface area contributed by atoms with E-state index in [0.29, 0.717) is 23.7 Å². The first-order valence-corrected chi connectivity index (χ1v) is 17.4. The van der Waals surface area contributed by atoms with Crippen LogP contribution in [0.1, 0.15) is 103 Å². The van der Waals surface area contributed by atoms with Crippen LogP contribution in [0, 0.1) is 5.92 Å². The van der Waals surface area contributed by atoms with E-state index in [-0.39, 0.29) is 37.2 Å². The van der Waals surface area contributed by atoms with Gasteiger partial charge in [-0.05, 0) is 0 Å². The second kappa shape index (κ2) is 16.1. The van der Waals surface area contributed by atoms with Crippen molar-refractivity contribution in [2.45, 2.75) is 86.0 Å². The maximum absolute atomic E-state index is 2.62. The number of halogens is 3. The number of hydrogen-bond donors (Lipinski definition) is 0. The molecule has 0 nitrogen and oxygen atoms in total. The minimum absolute atomic E-state index is 0. The fraction of sp³-hybridized carbons (Fsp3) is 0.389. The molecule has 3 aromatic carbocycles. The minimum atomic E-state index is -2.62. The molecule has 0 aliphatic heterocycles. The van der Waals surface area contributed by atoms with E-state index in [0.717, 1.165) is 12.8 Å². The van der Waals surface area contributed by atoms with Crippen molar-refractivity contribution in [1.29, 1.82) is 0 Å². The molecule has 0 N–H and O–H groups in total. The van der Waals surface area contributed by atoms with Crippen molar-refractivity contribution < 1.29 is 20.4 Å². The van der Waals surface area contributed by atoms with Gasteiger partial charge < -0.3 is 0 Å². The van der Waals surface area contributed by atoms with Gasteiger partial charge in [-0.25, -0.2) is 0 Å². The van der Waals surface area contributed by atoms with Crippen molar-refractivity contribution in [3.8, 4) is 0 Å². The van der Waals surface area contributed by atoms with Crippen LogP contribution in [0.4, 0.5) is 0 Å². The Morgan fingerprint density at radius 2 is 1.00 bits per heavy atom. The summed E-state index contributed by atoms with van der Waals surface area (Å²) >= 11 is 2.41. The van der Waals surface area contributed by atoms with Gasteiger partial charge in [0.15, 0.2) is 0 Å². The van der Waals surface area contributed by atoms with Gasteiger partial charge in [0.05, 0.1) is 0 Å². The van der Waals surface area contributed by atoms with Crippen molar-refractivity contribution >= 4 is 60.9 Å². The van der Waals surface area contributed by atoms with Gasteiger partial charge in [-0.15, -0.1) is 37.2 Å². The van der Waals surface area contributed by atoms with E-state index in [1.165, 1.54) is 32.3 Å². The third-order valence-corrected chi connectivity index (χ3v) is 14.6. The third-order valence-electron chi connectivity index (χ3n) is 8.59. The van der Waals surface area contributed by atoms with Crippen molar-refractivity contribution in [3.05, 3.63) is 110 Å². The minimum Gasteiger partial charge on any atom is -0.147 e. The molecule has 1 aliphatic rings.